The molecule has 0 aromatic heterocycles. The number of alkyl halides is 3. The maximum absolute atomic E-state index is 12.0. The molecule has 1 rings (SSSR count). The Morgan fingerprint density at radius 2 is 1.92 bits per heavy atom. The van der Waals surface area contributed by atoms with Gasteiger partial charge >= 0.3 is 6.18 Å². The van der Waals surface area contributed by atoms with Gasteiger partial charge in [-0.25, -0.2) is 0 Å². The van der Waals surface area contributed by atoms with Gasteiger partial charge in [-0.05, 0) is 6.42 Å². The van der Waals surface area contributed by atoms with Crippen LogP contribution < -0.4 is 0 Å². The lowest BCUT2D eigenvalue weighted by atomic mass is 10.1. The molecule has 1 aliphatic carbocycles. The summed E-state index contributed by atoms with van der Waals surface area (Å²) in [5, 5.41) is 10.1. The summed E-state index contributed by atoms with van der Waals surface area (Å²) in [6.45, 7) is 0. The zero-order chi connectivity index (χ0) is 9.35. The van der Waals surface area contributed by atoms with Crippen molar-refractivity contribution in [2.75, 3.05) is 0 Å². The smallest absolute Gasteiger partial charge is 0.264 e. The van der Waals surface area contributed by atoms with Gasteiger partial charge < -0.3 is 0 Å². The largest absolute Gasteiger partial charge is 0.392 e. The topological polar surface area (TPSA) is 43.1 Å². The molecular weight excluding hydrogens is 175 g/mol. The first kappa shape index (κ1) is 9.28. The third-order valence-electron chi connectivity index (χ3n) is 2.17. The quantitative estimate of drug-likeness (QED) is 0.461. The fraction of sp³-hybridized carbons (Fsp3) is 1.00. The van der Waals surface area contributed by atoms with Crippen LogP contribution >= 0.6 is 0 Å². The van der Waals surface area contributed by atoms with Crippen LogP contribution in [0.25, 0.3) is 0 Å². The average molecular weight is 183 g/mol. The monoisotopic (exact) mass is 183 g/mol. The number of nitro groups is 1. The van der Waals surface area contributed by atoms with Crippen molar-refractivity contribution < 1.29 is 18.1 Å². The molecule has 12 heavy (non-hydrogen) atoms. The van der Waals surface area contributed by atoms with E-state index in [4.69, 9.17) is 0 Å². The van der Waals surface area contributed by atoms with Gasteiger partial charge in [0, 0.05) is 17.8 Å². The summed E-state index contributed by atoms with van der Waals surface area (Å²) < 4.78 is 35.9. The van der Waals surface area contributed by atoms with Gasteiger partial charge in [0.1, 0.15) is 0 Å². The number of rotatable bonds is 1. The van der Waals surface area contributed by atoms with Gasteiger partial charge in [-0.1, -0.05) is 0 Å². The summed E-state index contributed by atoms with van der Waals surface area (Å²) in [5.41, 5.74) is 0. The molecule has 6 heteroatoms. The summed E-state index contributed by atoms with van der Waals surface area (Å²) in [5.74, 6) is -1.46. The van der Waals surface area contributed by atoms with Crippen LogP contribution in [0.2, 0.25) is 0 Å². The van der Waals surface area contributed by atoms with Gasteiger partial charge in [-0.3, -0.25) is 10.1 Å². The lowest BCUT2D eigenvalue weighted by Gasteiger charge is -2.12. The highest BCUT2D eigenvalue weighted by molar-refractivity contribution is 4.79. The van der Waals surface area contributed by atoms with Gasteiger partial charge in [0.05, 0.1) is 5.92 Å². The van der Waals surface area contributed by atoms with Crippen molar-refractivity contribution in [1.82, 2.24) is 0 Å². The fourth-order valence-corrected chi connectivity index (χ4v) is 1.45. The Kier molecular flexibility index (Phi) is 2.25. The van der Waals surface area contributed by atoms with Crippen molar-refractivity contribution in [1.29, 1.82) is 0 Å². The van der Waals surface area contributed by atoms with Gasteiger partial charge in [0.15, 0.2) is 0 Å². The lowest BCUT2D eigenvalue weighted by Crippen LogP contribution is -2.22. The summed E-state index contributed by atoms with van der Waals surface area (Å²) in [7, 11) is 0. The predicted molar refractivity (Wildman–Crippen MR) is 34.2 cm³/mol. The first-order valence-electron chi connectivity index (χ1n) is 3.61. The van der Waals surface area contributed by atoms with E-state index < -0.39 is 23.1 Å². The molecule has 0 aliphatic heterocycles. The minimum Gasteiger partial charge on any atom is -0.264 e. The number of hydrogen-bond acceptors (Lipinski definition) is 2. The highest BCUT2D eigenvalue weighted by Gasteiger charge is 2.47. The highest BCUT2D eigenvalue weighted by atomic mass is 19.4. The highest BCUT2D eigenvalue weighted by Crippen LogP contribution is 2.39. The fourth-order valence-electron chi connectivity index (χ4n) is 1.45. The number of hydrogen-bond donors (Lipinski definition) is 0. The predicted octanol–water partition coefficient (Wildman–Crippen LogP) is 1.99. The Bertz CT molecular complexity index is 192. The van der Waals surface area contributed by atoms with E-state index in [1.54, 1.807) is 0 Å². The van der Waals surface area contributed by atoms with Crippen LogP contribution in [0.5, 0.6) is 0 Å². The molecule has 1 saturated carbocycles. The zero-order valence-corrected chi connectivity index (χ0v) is 6.17. The van der Waals surface area contributed by atoms with E-state index in [9.17, 15) is 23.3 Å². The Morgan fingerprint density at radius 3 is 2.17 bits per heavy atom. The average Bonchev–Trinajstić information content (AvgIpc) is 2.30. The molecule has 3 nitrogen and oxygen atoms in total. The first-order chi connectivity index (χ1) is 5.41. The van der Waals surface area contributed by atoms with Crippen molar-refractivity contribution in [3.8, 4) is 0 Å². The van der Waals surface area contributed by atoms with E-state index in [1.807, 2.05) is 0 Å². The second-order valence-electron chi connectivity index (χ2n) is 2.99. The Balaban J connectivity index is 2.51. The SMILES string of the molecule is O=[N+]([O-])[C@H]1CC[C@@H](C(F)(F)F)C1. The van der Waals surface area contributed by atoms with Crippen molar-refractivity contribution in [3.63, 3.8) is 0 Å². The van der Waals surface area contributed by atoms with Crippen LogP contribution in [0.4, 0.5) is 13.2 Å². The van der Waals surface area contributed by atoms with Crippen LogP contribution in [0.3, 0.4) is 0 Å². The summed E-state index contributed by atoms with van der Waals surface area (Å²) >= 11 is 0. The summed E-state index contributed by atoms with van der Waals surface area (Å²) in [6, 6.07) is -0.989. The molecule has 0 unspecified atom stereocenters. The molecule has 1 aliphatic rings. The Hall–Kier alpha value is -0.810. The molecular formula is C6H8F3NO2. The molecule has 0 amide bonds. The molecule has 0 heterocycles. The van der Waals surface area contributed by atoms with Gasteiger partial charge in [-0.2, -0.15) is 13.2 Å². The maximum Gasteiger partial charge on any atom is 0.392 e. The van der Waals surface area contributed by atoms with E-state index in [1.165, 1.54) is 0 Å². The Morgan fingerprint density at radius 1 is 1.33 bits per heavy atom. The van der Waals surface area contributed by atoms with E-state index in [-0.39, 0.29) is 19.3 Å². The lowest BCUT2D eigenvalue weighted by molar-refractivity contribution is -0.521. The van der Waals surface area contributed by atoms with Gasteiger partial charge in [0.25, 0.3) is 0 Å². The van der Waals surface area contributed by atoms with Crippen LogP contribution in [-0.2, 0) is 0 Å². The zero-order valence-electron chi connectivity index (χ0n) is 6.17. The van der Waals surface area contributed by atoms with Crippen LogP contribution in [-0.4, -0.2) is 17.1 Å². The van der Waals surface area contributed by atoms with Crippen LogP contribution in [0.1, 0.15) is 19.3 Å². The summed E-state index contributed by atoms with van der Waals surface area (Å²) in [6.07, 6.45) is -4.66. The van der Waals surface area contributed by atoms with Crippen LogP contribution in [0, 0.1) is 16.0 Å². The molecule has 0 saturated heterocycles. The molecule has 0 aromatic carbocycles. The number of halogens is 3. The third-order valence-corrected chi connectivity index (χ3v) is 2.17. The molecule has 70 valence electrons. The van der Waals surface area contributed by atoms with E-state index in [2.05, 4.69) is 0 Å². The van der Waals surface area contributed by atoms with Gasteiger partial charge in [-0.15, -0.1) is 0 Å². The second kappa shape index (κ2) is 2.91. The minimum atomic E-state index is -4.26. The molecule has 0 bridgehead atoms. The standard InChI is InChI=1S/C6H8F3NO2/c7-6(8,9)4-1-2-5(3-4)10(11)12/h4-5H,1-3H2/t4-,5+/m1/s1. The van der Waals surface area contributed by atoms with Crippen molar-refractivity contribution >= 4 is 0 Å². The van der Waals surface area contributed by atoms with Crippen LogP contribution in [0.15, 0.2) is 0 Å². The minimum absolute atomic E-state index is 0.0528. The third kappa shape index (κ3) is 1.86. The van der Waals surface area contributed by atoms with Gasteiger partial charge in [0.2, 0.25) is 6.04 Å². The normalized spacial score (nSPS) is 30.6. The first-order valence-corrected chi connectivity index (χ1v) is 3.61. The molecule has 0 spiro atoms. The second-order valence-corrected chi connectivity index (χ2v) is 2.99. The molecule has 2 atom stereocenters. The van der Waals surface area contributed by atoms with Crippen molar-refractivity contribution in [2.45, 2.75) is 31.5 Å². The van der Waals surface area contributed by atoms with E-state index in [0.29, 0.717) is 0 Å². The van der Waals surface area contributed by atoms with E-state index >= 15 is 0 Å². The molecule has 1 fully saturated rings. The van der Waals surface area contributed by atoms with E-state index in [0.717, 1.165) is 0 Å². The molecule has 0 aromatic rings. The Labute approximate surface area is 66.7 Å². The van der Waals surface area contributed by atoms with Crippen molar-refractivity contribution in [2.24, 2.45) is 5.92 Å². The summed E-state index contributed by atoms with van der Waals surface area (Å²) in [4.78, 5) is 9.49. The number of nitrogens with zero attached hydrogens (tertiary/aromatic N) is 1. The maximum atomic E-state index is 12.0. The molecule has 0 radical (unpaired) electrons. The van der Waals surface area contributed by atoms with Crippen molar-refractivity contribution in [3.05, 3.63) is 10.1 Å². The molecule has 0 N–H and O–H groups in total.